The minimum Gasteiger partial charge on any atom is -0.491 e. The van der Waals surface area contributed by atoms with Crippen molar-refractivity contribution in [3.05, 3.63) is 65.2 Å². The highest BCUT2D eigenvalue weighted by Gasteiger charge is 2.20. The molecule has 0 aliphatic heterocycles. The summed E-state index contributed by atoms with van der Waals surface area (Å²) in [5, 5.41) is 19.8. The van der Waals surface area contributed by atoms with Crippen LogP contribution in [0.3, 0.4) is 0 Å². The molecule has 2 aromatic rings. The van der Waals surface area contributed by atoms with E-state index in [1.807, 2.05) is 35.2 Å². The van der Waals surface area contributed by atoms with Crippen molar-refractivity contribution in [2.24, 2.45) is 0 Å². The molecule has 4 nitrogen and oxygen atoms in total. The molecule has 2 N–H and O–H groups in total. The summed E-state index contributed by atoms with van der Waals surface area (Å²) in [6, 6.07) is 16.2. The second-order valence-electron chi connectivity index (χ2n) is 8.16. The van der Waals surface area contributed by atoms with Crippen LogP contribution in [0.5, 0.6) is 5.75 Å². The lowest BCUT2D eigenvalue weighted by Crippen LogP contribution is -2.37. The monoisotopic (exact) mass is 371 g/mol. The zero-order chi connectivity index (χ0) is 19.9. The highest BCUT2D eigenvalue weighted by Crippen LogP contribution is 2.32. The molecule has 2 rings (SSSR count). The Morgan fingerprint density at radius 3 is 2.41 bits per heavy atom. The van der Waals surface area contributed by atoms with E-state index in [-0.39, 0.29) is 18.6 Å². The Labute approximate surface area is 163 Å². The van der Waals surface area contributed by atoms with E-state index in [9.17, 15) is 10.2 Å². The van der Waals surface area contributed by atoms with Gasteiger partial charge in [-0.25, -0.2) is 0 Å². The lowest BCUT2D eigenvalue weighted by atomic mass is 9.85. The van der Waals surface area contributed by atoms with E-state index in [2.05, 4.69) is 45.9 Å². The second-order valence-corrected chi connectivity index (χ2v) is 8.16. The Balaban J connectivity index is 1.97. The van der Waals surface area contributed by atoms with Gasteiger partial charge in [0.15, 0.2) is 0 Å². The maximum Gasteiger partial charge on any atom is 0.123 e. The van der Waals surface area contributed by atoms with E-state index in [0.717, 1.165) is 16.9 Å². The Morgan fingerprint density at radius 2 is 1.78 bits per heavy atom. The number of benzene rings is 2. The van der Waals surface area contributed by atoms with Crippen molar-refractivity contribution in [2.45, 2.75) is 45.8 Å². The number of hydrogen-bond donors (Lipinski definition) is 2. The molecule has 0 saturated carbocycles. The lowest BCUT2D eigenvalue weighted by Gasteiger charge is -2.26. The third kappa shape index (κ3) is 6.98. The highest BCUT2D eigenvalue weighted by molar-refractivity contribution is 5.41. The second kappa shape index (κ2) is 9.88. The Bertz CT molecular complexity index is 695. The summed E-state index contributed by atoms with van der Waals surface area (Å²) in [6.07, 6.45) is -0.630. The third-order valence-electron chi connectivity index (χ3n) is 4.51. The quantitative estimate of drug-likeness (QED) is 0.708. The van der Waals surface area contributed by atoms with Crippen LogP contribution in [0.15, 0.2) is 48.5 Å². The standard InChI is InChI=1S/C23H33NO3/c1-18-10-11-22(21(14-18)23(2,3)4)27-17-20(26)16-24(12-13-25)15-19-8-6-5-7-9-19/h5-11,14,20,25-26H,12-13,15-17H2,1-4H3/t20-/m1/s1. The van der Waals surface area contributed by atoms with Gasteiger partial charge in [-0.05, 0) is 29.5 Å². The minimum absolute atomic E-state index is 0.0253. The molecule has 0 amide bonds. The van der Waals surface area contributed by atoms with E-state index < -0.39 is 6.10 Å². The van der Waals surface area contributed by atoms with Crippen molar-refractivity contribution in [1.82, 2.24) is 4.90 Å². The first-order valence-corrected chi connectivity index (χ1v) is 9.58. The van der Waals surface area contributed by atoms with Crippen molar-refractivity contribution < 1.29 is 14.9 Å². The van der Waals surface area contributed by atoms with Gasteiger partial charge in [-0.3, -0.25) is 4.90 Å². The van der Waals surface area contributed by atoms with Gasteiger partial charge >= 0.3 is 0 Å². The van der Waals surface area contributed by atoms with Crippen LogP contribution >= 0.6 is 0 Å². The summed E-state index contributed by atoms with van der Waals surface area (Å²) in [7, 11) is 0. The van der Waals surface area contributed by atoms with E-state index in [0.29, 0.717) is 19.6 Å². The van der Waals surface area contributed by atoms with Crippen LogP contribution in [0.4, 0.5) is 0 Å². The molecular formula is C23H33NO3. The molecule has 0 aromatic heterocycles. The van der Waals surface area contributed by atoms with Gasteiger partial charge in [-0.15, -0.1) is 0 Å². The Kier molecular flexibility index (Phi) is 7.84. The zero-order valence-corrected chi connectivity index (χ0v) is 17.0. The van der Waals surface area contributed by atoms with Gasteiger partial charge < -0.3 is 14.9 Å². The predicted octanol–water partition coefficient (Wildman–Crippen LogP) is 3.53. The number of hydrogen-bond acceptors (Lipinski definition) is 4. The Morgan fingerprint density at radius 1 is 1.07 bits per heavy atom. The number of rotatable bonds is 9. The van der Waals surface area contributed by atoms with E-state index >= 15 is 0 Å². The fourth-order valence-corrected chi connectivity index (χ4v) is 3.11. The van der Waals surface area contributed by atoms with Gasteiger partial charge in [0.1, 0.15) is 18.5 Å². The first-order chi connectivity index (χ1) is 12.8. The maximum atomic E-state index is 10.5. The molecular weight excluding hydrogens is 338 g/mol. The smallest absolute Gasteiger partial charge is 0.123 e. The van der Waals surface area contributed by atoms with Crippen LogP contribution in [0.1, 0.15) is 37.5 Å². The third-order valence-corrected chi connectivity index (χ3v) is 4.51. The fourth-order valence-electron chi connectivity index (χ4n) is 3.11. The van der Waals surface area contributed by atoms with Crippen molar-refractivity contribution in [1.29, 1.82) is 0 Å². The van der Waals surface area contributed by atoms with Gasteiger partial charge in [0, 0.05) is 19.6 Å². The average Bonchev–Trinajstić information content (AvgIpc) is 2.61. The molecule has 0 radical (unpaired) electrons. The molecule has 148 valence electrons. The summed E-state index contributed by atoms with van der Waals surface area (Å²) in [5.41, 5.74) is 3.48. The van der Waals surface area contributed by atoms with Crippen LogP contribution in [0, 0.1) is 6.92 Å². The minimum atomic E-state index is -0.630. The SMILES string of the molecule is Cc1ccc(OC[C@H](O)CN(CCO)Cc2ccccc2)c(C(C)(C)C)c1. The molecule has 27 heavy (non-hydrogen) atoms. The molecule has 0 aliphatic rings. The lowest BCUT2D eigenvalue weighted by molar-refractivity contribution is 0.0584. The van der Waals surface area contributed by atoms with Gasteiger partial charge in [0.25, 0.3) is 0 Å². The predicted molar refractivity (Wildman–Crippen MR) is 110 cm³/mol. The normalized spacial score (nSPS) is 13.0. The van der Waals surface area contributed by atoms with Crippen molar-refractivity contribution in [2.75, 3.05) is 26.3 Å². The molecule has 4 heteroatoms. The average molecular weight is 372 g/mol. The van der Waals surface area contributed by atoms with Gasteiger partial charge in [0.2, 0.25) is 0 Å². The molecule has 0 heterocycles. The molecule has 0 saturated heterocycles. The van der Waals surface area contributed by atoms with Gasteiger partial charge in [-0.1, -0.05) is 68.8 Å². The maximum absolute atomic E-state index is 10.5. The number of nitrogens with zero attached hydrogens (tertiary/aromatic N) is 1. The van der Waals surface area contributed by atoms with Gasteiger partial charge in [0.05, 0.1) is 6.61 Å². The van der Waals surface area contributed by atoms with E-state index in [1.165, 1.54) is 5.56 Å². The van der Waals surface area contributed by atoms with Crippen LogP contribution in [-0.2, 0) is 12.0 Å². The van der Waals surface area contributed by atoms with Crippen molar-refractivity contribution in [3.8, 4) is 5.75 Å². The number of aliphatic hydroxyl groups is 2. The van der Waals surface area contributed by atoms with Crippen LogP contribution in [0.2, 0.25) is 0 Å². The number of aliphatic hydroxyl groups excluding tert-OH is 2. The summed E-state index contributed by atoms with van der Waals surface area (Å²) in [4.78, 5) is 2.04. The van der Waals surface area contributed by atoms with Gasteiger partial charge in [-0.2, -0.15) is 0 Å². The zero-order valence-electron chi connectivity index (χ0n) is 17.0. The molecule has 0 bridgehead atoms. The van der Waals surface area contributed by atoms with E-state index in [4.69, 9.17) is 4.74 Å². The molecule has 2 aromatic carbocycles. The van der Waals surface area contributed by atoms with Crippen LogP contribution in [0.25, 0.3) is 0 Å². The van der Waals surface area contributed by atoms with Crippen LogP contribution < -0.4 is 4.74 Å². The Hall–Kier alpha value is -1.88. The van der Waals surface area contributed by atoms with E-state index in [1.54, 1.807) is 0 Å². The summed E-state index contributed by atoms with van der Waals surface area (Å²) in [6.45, 7) is 10.5. The number of aryl methyl sites for hydroxylation is 1. The topological polar surface area (TPSA) is 52.9 Å². The summed E-state index contributed by atoms with van der Waals surface area (Å²) in [5.74, 6) is 0.823. The molecule has 0 unspecified atom stereocenters. The number of ether oxygens (including phenoxy) is 1. The fraction of sp³-hybridized carbons (Fsp3) is 0.478. The van der Waals surface area contributed by atoms with Crippen molar-refractivity contribution >= 4 is 0 Å². The molecule has 0 spiro atoms. The molecule has 0 fully saturated rings. The summed E-state index contributed by atoms with van der Waals surface area (Å²) >= 11 is 0. The molecule has 0 aliphatic carbocycles. The largest absolute Gasteiger partial charge is 0.491 e. The highest BCUT2D eigenvalue weighted by atomic mass is 16.5. The first-order valence-electron chi connectivity index (χ1n) is 9.58. The first kappa shape index (κ1) is 21.4. The van der Waals surface area contributed by atoms with Crippen LogP contribution in [-0.4, -0.2) is 47.5 Å². The summed E-state index contributed by atoms with van der Waals surface area (Å²) < 4.78 is 5.97. The molecule has 1 atom stereocenters. The van der Waals surface area contributed by atoms with Crippen molar-refractivity contribution in [3.63, 3.8) is 0 Å².